The summed E-state index contributed by atoms with van der Waals surface area (Å²) >= 11 is 0. The summed E-state index contributed by atoms with van der Waals surface area (Å²) in [7, 11) is 7.42. The normalized spacial score (nSPS) is 13.4. The largest absolute Gasteiger partial charge is 0.493 e. The molecule has 0 aliphatic rings. The zero-order valence-electron chi connectivity index (χ0n) is 19.4. The van der Waals surface area contributed by atoms with Crippen molar-refractivity contribution in [2.24, 2.45) is 10.9 Å². The van der Waals surface area contributed by atoms with E-state index in [1.165, 1.54) is 0 Å². The van der Waals surface area contributed by atoms with Crippen LogP contribution in [0, 0.1) is 5.92 Å². The standard InChI is InChI=1S/C22H40N4O3.HI/c1-7-9-17(12-13-27)15-24-22(23-8-2)25-16-19(26(3)4)18-10-11-20(28-5)21(14-18)29-6;/h10-11,14,17,19,27H,7-9,12-13,15-16H2,1-6H3,(H2,23,24,25);1H. The molecule has 2 atom stereocenters. The van der Waals surface area contributed by atoms with Gasteiger partial charge in [0, 0.05) is 26.2 Å². The van der Waals surface area contributed by atoms with Gasteiger partial charge in [-0.2, -0.15) is 0 Å². The number of guanidine groups is 1. The molecule has 1 rings (SSSR count). The second-order valence-corrected chi connectivity index (χ2v) is 7.36. The van der Waals surface area contributed by atoms with Crippen LogP contribution in [0.2, 0.25) is 0 Å². The van der Waals surface area contributed by atoms with Crippen molar-refractivity contribution in [3.05, 3.63) is 23.8 Å². The van der Waals surface area contributed by atoms with E-state index in [1.54, 1.807) is 14.2 Å². The van der Waals surface area contributed by atoms with E-state index < -0.39 is 0 Å². The van der Waals surface area contributed by atoms with Gasteiger partial charge in [-0.3, -0.25) is 4.99 Å². The van der Waals surface area contributed by atoms with Crippen molar-refractivity contribution in [1.29, 1.82) is 0 Å². The summed E-state index contributed by atoms with van der Waals surface area (Å²) in [4.78, 5) is 6.93. The fraction of sp³-hybridized carbons (Fsp3) is 0.682. The van der Waals surface area contributed by atoms with E-state index in [9.17, 15) is 5.11 Å². The van der Waals surface area contributed by atoms with Gasteiger partial charge in [0.2, 0.25) is 0 Å². The Morgan fingerprint density at radius 2 is 1.80 bits per heavy atom. The van der Waals surface area contributed by atoms with Crippen LogP contribution < -0.4 is 20.1 Å². The number of hydrogen-bond donors (Lipinski definition) is 3. The molecule has 2 unspecified atom stereocenters. The van der Waals surface area contributed by atoms with Crippen LogP contribution >= 0.6 is 24.0 Å². The first-order valence-corrected chi connectivity index (χ1v) is 10.5. The van der Waals surface area contributed by atoms with Crippen LogP contribution in [0.15, 0.2) is 23.2 Å². The van der Waals surface area contributed by atoms with Crippen molar-refractivity contribution in [3.63, 3.8) is 0 Å². The molecule has 7 nitrogen and oxygen atoms in total. The predicted molar refractivity (Wildman–Crippen MR) is 135 cm³/mol. The molecule has 1 aromatic carbocycles. The summed E-state index contributed by atoms with van der Waals surface area (Å²) in [6.07, 6.45) is 2.98. The summed E-state index contributed by atoms with van der Waals surface area (Å²) in [5.74, 6) is 2.67. The summed E-state index contributed by atoms with van der Waals surface area (Å²) in [5.41, 5.74) is 1.14. The molecule has 0 spiro atoms. The molecular weight excluding hydrogens is 495 g/mol. The Labute approximate surface area is 199 Å². The molecule has 0 radical (unpaired) electrons. The summed E-state index contributed by atoms with van der Waals surface area (Å²) in [6.45, 7) is 6.66. The Morgan fingerprint density at radius 1 is 1.10 bits per heavy atom. The number of nitrogens with one attached hydrogen (secondary N) is 2. The third-order valence-corrected chi connectivity index (χ3v) is 4.96. The second kappa shape index (κ2) is 16.4. The Morgan fingerprint density at radius 3 is 2.33 bits per heavy atom. The van der Waals surface area contributed by atoms with E-state index >= 15 is 0 Å². The maximum absolute atomic E-state index is 9.27. The highest BCUT2D eigenvalue weighted by Gasteiger charge is 2.17. The van der Waals surface area contributed by atoms with Crippen molar-refractivity contribution in [2.75, 3.05) is 54.6 Å². The SMILES string of the molecule is CCCC(CCO)CN=C(NCC)NCC(c1ccc(OC)c(OC)c1)N(C)C.I. The lowest BCUT2D eigenvalue weighted by Crippen LogP contribution is -2.42. The molecule has 0 aromatic heterocycles. The van der Waals surface area contributed by atoms with Gasteiger partial charge in [-0.05, 0) is 57.5 Å². The van der Waals surface area contributed by atoms with E-state index in [0.29, 0.717) is 19.0 Å². The van der Waals surface area contributed by atoms with E-state index in [4.69, 9.17) is 14.5 Å². The van der Waals surface area contributed by atoms with E-state index in [2.05, 4.69) is 49.5 Å². The van der Waals surface area contributed by atoms with Gasteiger partial charge in [-0.15, -0.1) is 24.0 Å². The van der Waals surface area contributed by atoms with Crippen molar-refractivity contribution in [2.45, 2.75) is 39.2 Å². The Kier molecular flexibility index (Phi) is 15.7. The second-order valence-electron chi connectivity index (χ2n) is 7.36. The third kappa shape index (κ3) is 9.70. The number of rotatable bonds is 13. The molecule has 1 aromatic rings. The number of aliphatic hydroxyl groups excluding tert-OH is 1. The molecular formula is C22H41IN4O3. The van der Waals surface area contributed by atoms with Gasteiger partial charge in [0.15, 0.2) is 17.5 Å². The number of ether oxygens (including phenoxy) is 2. The fourth-order valence-electron chi connectivity index (χ4n) is 3.33. The summed E-state index contributed by atoms with van der Waals surface area (Å²) < 4.78 is 10.8. The predicted octanol–water partition coefficient (Wildman–Crippen LogP) is 3.28. The van der Waals surface area contributed by atoms with Crippen LogP contribution in [0.4, 0.5) is 0 Å². The number of hydrogen-bond acceptors (Lipinski definition) is 5. The smallest absolute Gasteiger partial charge is 0.191 e. The number of methoxy groups -OCH3 is 2. The molecule has 0 amide bonds. The van der Waals surface area contributed by atoms with Crippen LogP contribution in [0.1, 0.15) is 44.7 Å². The molecule has 3 N–H and O–H groups in total. The average Bonchev–Trinajstić information content (AvgIpc) is 2.71. The van der Waals surface area contributed by atoms with Gasteiger partial charge < -0.3 is 30.1 Å². The number of halogens is 1. The lowest BCUT2D eigenvalue weighted by molar-refractivity contribution is 0.253. The van der Waals surface area contributed by atoms with Crippen molar-refractivity contribution >= 4 is 29.9 Å². The quantitative estimate of drug-likeness (QED) is 0.204. The highest BCUT2D eigenvalue weighted by atomic mass is 127. The number of aliphatic imine (C=N–C) groups is 1. The van der Waals surface area contributed by atoms with E-state index in [-0.39, 0.29) is 36.6 Å². The van der Waals surface area contributed by atoms with Gasteiger partial charge in [-0.25, -0.2) is 0 Å². The number of benzene rings is 1. The molecule has 0 aliphatic carbocycles. The zero-order valence-corrected chi connectivity index (χ0v) is 21.7. The highest BCUT2D eigenvalue weighted by molar-refractivity contribution is 14.0. The fourth-order valence-corrected chi connectivity index (χ4v) is 3.33. The maximum atomic E-state index is 9.27. The minimum atomic E-state index is 0. The minimum Gasteiger partial charge on any atom is -0.493 e. The summed E-state index contributed by atoms with van der Waals surface area (Å²) in [5, 5.41) is 16.1. The van der Waals surface area contributed by atoms with Crippen molar-refractivity contribution in [3.8, 4) is 11.5 Å². The molecule has 0 heterocycles. The molecule has 174 valence electrons. The highest BCUT2D eigenvalue weighted by Crippen LogP contribution is 2.31. The molecule has 0 bridgehead atoms. The first kappa shape index (κ1) is 28.7. The maximum Gasteiger partial charge on any atom is 0.191 e. The van der Waals surface area contributed by atoms with E-state index in [0.717, 1.165) is 48.8 Å². The Bertz CT molecular complexity index is 608. The number of aliphatic hydroxyl groups is 1. The minimum absolute atomic E-state index is 0. The van der Waals surface area contributed by atoms with Gasteiger partial charge in [0.1, 0.15) is 0 Å². The average molecular weight is 536 g/mol. The summed E-state index contributed by atoms with van der Waals surface area (Å²) in [6, 6.07) is 6.17. The lowest BCUT2D eigenvalue weighted by atomic mass is 10.0. The van der Waals surface area contributed by atoms with Gasteiger partial charge in [0.25, 0.3) is 0 Å². The molecule has 8 heteroatoms. The first-order valence-electron chi connectivity index (χ1n) is 10.5. The van der Waals surface area contributed by atoms with Crippen molar-refractivity contribution in [1.82, 2.24) is 15.5 Å². The van der Waals surface area contributed by atoms with Crippen LogP contribution in [0.25, 0.3) is 0 Å². The monoisotopic (exact) mass is 536 g/mol. The van der Waals surface area contributed by atoms with Crippen molar-refractivity contribution < 1.29 is 14.6 Å². The molecule has 0 fully saturated rings. The van der Waals surface area contributed by atoms with Gasteiger partial charge >= 0.3 is 0 Å². The van der Waals surface area contributed by atoms with Crippen LogP contribution in [0.3, 0.4) is 0 Å². The van der Waals surface area contributed by atoms with Crippen LogP contribution in [-0.4, -0.2) is 70.5 Å². The van der Waals surface area contributed by atoms with Crippen LogP contribution in [-0.2, 0) is 0 Å². The molecule has 0 saturated carbocycles. The van der Waals surface area contributed by atoms with Gasteiger partial charge in [-0.1, -0.05) is 19.4 Å². The topological polar surface area (TPSA) is 78.4 Å². The Hall–Kier alpha value is -1.26. The van der Waals surface area contributed by atoms with Gasteiger partial charge in [0.05, 0.1) is 20.3 Å². The first-order chi connectivity index (χ1) is 14.0. The molecule has 0 aliphatic heterocycles. The number of likely N-dealkylation sites (N-methyl/N-ethyl adjacent to an activating group) is 1. The molecule has 30 heavy (non-hydrogen) atoms. The lowest BCUT2D eigenvalue weighted by Gasteiger charge is -2.27. The van der Waals surface area contributed by atoms with Crippen LogP contribution in [0.5, 0.6) is 11.5 Å². The number of nitrogens with zero attached hydrogens (tertiary/aromatic N) is 2. The zero-order chi connectivity index (χ0) is 21.6. The molecule has 0 saturated heterocycles. The third-order valence-electron chi connectivity index (χ3n) is 4.96. The van der Waals surface area contributed by atoms with E-state index in [1.807, 2.05) is 12.1 Å². The Balaban J connectivity index is 0.00000841.